The minimum Gasteiger partial charge on any atom is -0.289 e. The number of carbonyl (C=O) groups excluding carboxylic acids is 1. The second kappa shape index (κ2) is 7.20. The van der Waals surface area contributed by atoms with Crippen LogP contribution in [-0.2, 0) is 0 Å². The summed E-state index contributed by atoms with van der Waals surface area (Å²) in [5, 5.41) is 0. The topological polar surface area (TPSA) is 17.1 Å². The first-order valence-corrected chi connectivity index (χ1v) is 8.67. The SMILES string of the molecule is O=C(c1ccccc1)c1ccc(-c2ccccc2)cc1-c1ccccc1. The van der Waals surface area contributed by atoms with Crippen molar-refractivity contribution in [2.75, 3.05) is 0 Å². The van der Waals surface area contributed by atoms with E-state index in [-0.39, 0.29) is 5.78 Å². The number of ketones is 1. The number of hydrogen-bond acceptors (Lipinski definition) is 1. The molecule has 26 heavy (non-hydrogen) atoms. The molecule has 0 atom stereocenters. The van der Waals surface area contributed by atoms with Gasteiger partial charge in [0.25, 0.3) is 0 Å². The summed E-state index contributed by atoms with van der Waals surface area (Å²) in [5.74, 6) is 0.0454. The van der Waals surface area contributed by atoms with Crippen LogP contribution in [0.15, 0.2) is 109 Å². The summed E-state index contributed by atoms with van der Waals surface area (Å²) in [7, 11) is 0. The minimum absolute atomic E-state index is 0.0454. The summed E-state index contributed by atoms with van der Waals surface area (Å²) in [4.78, 5) is 13.1. The monoisotopic (exact) mass is 334 g/mol. The van der Waals surface area contributed by atoms with Crippen molar-refractivity contribution in [1.29, 1.82) is 0 Å². The standard InChI is InChI=1S/C25H18O/c26-25(21-14-8-3-9-15-21)23-17-16-22(19-10-4-1-5-11-19)18-24(23)20-12-6-2-7-13-20/h1-18H. The Balaban J connectivity index is 1.88. The number of hydrogen-bond donors (Lipinski definition) is 0. The van der Waals surface area contributed by atoms with Crippen LogP contribution in [0, 0.1) is 0 Å². The van der Waals surface area contributed by atoms with Crippen LogP contribution in [0.1, 0.15) is 15.9 Å². The summed E-state index contributed by atoms with van der Waals surface area (Å²) in [6.45, 7) is 0. The van der Waals surface area contributed by atoms with Gasteiger partial charge in [-0.3, -0.25) is 4.79 Å². The fourth-order valence-corrected chi connectivity index (χ4v) is 3.15. The molecule has 1 heteroatoms. The van der Waals surface area contributed by atoms with Gasteiger partial charge >= 0.3 is 0 Å². The van der Waals surface area contributed by atoms with Gasteiger partial charge in [0, 0.05) is 11.1 Å². The fourth-order valence-electron chi connectivity index (χ4n) is 3.15. The quantitative estimate of drug-likeness (QED) is 0.403. The molecule has 0 N–H and O–H groups in total. The van der Waals surface area contributed by atoms with Crippen molar-refractivity contribution in [3.05, 3.63) is 120 Å². The van der Waals surface area contributed by atoms with Crippen molar-refractivity contribution in [3.63, 3.8) is 0 Å². The van der Waals surface area contributed by atoms with Crippen LogP contribution >= 0.6 is 0 Å². The maximum Gasteiger partial charge on any atom is 0.193 e. The van der Waals surface area contributed by atoms with Gasteiger partial charge in [0.15, 0.2) is 5.78 Å². The van der Waals surface area contributed by atoms with E-state index in [0.29, 0.717) is 5.56 Å². The summed E-state index contributed by atoms with van der Waals surface area (Å²) in [6, 6.07) is 35.9. The van der Waals surface area contributed by atoms with Crippen molar-refractivity contribution in [2.45, 2.75) is 0 Å². The van der Waals surface area contributed by atoms with Gasteiger partial charge < -0.3 is 0 Å². The third-order valence-electron chi connectivity index (χ3n) is 4.49. The van der Waals surface area contributed by atoms with Gasteiger partial charge in [-0.05, 0) is 34.4 Å². The van der Waals surface area contributed by atoms with E-state index in [1.807, 2.05) is 91.0 Å². The Morgan fingerprint density at radius 3 is 1.65 bits per heavy atom. The van der Waals surface area contributed by atoms with Crippen molar-refractivity contribution in [3.8, 4) is 22.3 Å². The highest BCUT2D eigenvalue weighted by molar-refractivity contribution is 6.13. The largest absolute Gasteiger partial charge is 0.289 e. The van der Waals surface area contributed by atoms with Crippen LogP contribution in [0.25, 0.3) is 22.3 Å². The van der Waals surface area contributed by atoms with Crippen molar-refractivity contribution in [2.24, 2.45) is 0 Å². The Labute approximate surface area is 153 Å². The molecule has 0 bridgehead atoms. The minimum atomic E-state index is 0.0454. The van der Waals surface area contributed by atoms with E-state index in [1.165, 1.54) is 0 Å². The zero-order valence-corrected chi connectivity index (χ0v) is 14.3. The van der Waals surface area contributed by atoms with Crippen LogP contribution in [0.3, 0.4) is 0 Å². The lowest BCUT2D eigenvalue weighted by Gasteiger charge is -2.12. The predicted octanol–water partition coefficient (Wildman–Crippen LogP) is 6.25. The molecule has 0 saturated heterocycles. The lowest BCUT2D eigenvalue weighted by molar-refractivity contribution is 0.103. The average Bonchev–Trinajstić information content (AvgIpc) is 2.75. The van der Waals surface area contributed by atoms with Crippen LogP contribution < -0.4 is 0 Å². The van der Waals surface area contributed by atoms with Gasteiger partial charge in [-0.25, -0.2) is 0 Å². The number of benzene rings is 4. The molecular weight excluding hydrogens is 316 g/mol. The van der Waals surface area contributed by atoms with E-state index in [1.54, 1.807) is 0 Å². The molecule has 0 aliphatic rings. The Morgan fingerprint density at radius 1 is 0.500 bits per heavy atom. The first-order valence-electron chi connectivity index (χ1n) is 8.67. The van der Waals surface area contributed by atoms with Gasteiger partial charge in [-0.15, -0.1) is 0 Å². The highest BCUT2D eigenvalue weighted by Gasteiger charge is 2.15. The molecule has 4 aromatic carbocycles. The smallest absolute Gasteiger partial charge is 0.193 e. The fraction of sp³-hybridized carbons (Fsp3) is 0. The number of rotatable bonds is 4. The molecule has 0 fully saturated rings. The Morgan fingerprint density at radius 2 is 1.04 bits per heavy atom. The zero-order chi connectivity index (χ0) is 17.8. The summed E-state index contributed by atoms with van der Waals surface area (Å²) >= 11 is 0. The average molecular weight is 334 g/mol. The molecule has 0 spiro atoms. The lowest BCUT2D eigenvalue weighted by Crippen LogP contribution is -2.03. The van der Waals surface area contributed by atoms with Gasteiger partial charge in [-0.2, -0.15) is 0 Å². The maximum absolute atomic E-state index is 13.1. The number of carbonyl (C=O) groups is 1. The van der Waals surface area contributed by atoms with E-state index < -0.39 is 0 Å². The molecule has 0 unspecified atom stereocenters. The molecule has 4 aromatic rings. The molecule has 124 valence electrons. The lowest BCUT2D eigenvalue weighted by atomic mass is 9.91. The summed E-state index contributed by atoms with van der Waals surface area (Å²) < 4.78 is 0. The van der Waals surface area contributed by atoms with Crippen LogP contribution in [0.5, 0.6) is 0 Å². The Kier molecular flexibility index (Phi) is 4.44. The molecule has 0 heterocycles. The Hall–Kier alpha value is -3.45. The summed E-state index contributed by atoms with van der Waals surface area (Å²) in [6.07, 6.45) is 0. The third-order valence-corrected chi connectivity index (χ3v) is 4.49. The van der Waals surface area contributed by atoms with E-state index in [4.69, 9.17) is 0 Å². The third kappa shape index (κ3) is 3.20. The van der Waals surface area contributed by atoms with E-state index in [2.05, 4.69) is 18.2 Å². The molecule has 0 aliphatic heterocycles. The van der Waals surface area contributed by atoms with Gasteiger partial charge in [0.2, 0.25) is 0 Å². The summed E-state index contributed by atoms with van der Waals surface area (Å²) in [5.41, 5.74) is 5.68. The van der Waals surface area contributed by atoms with Crippen LogP contribution in [-0.4, -0.2) is 5.78 Å². The zero-order valence-electron chi connectivity index (χ0n) is 14.3. The maximum atomic E-state index is 13.1. The van der Waals surface area contributed by atoms with E-state index in [0.717, 1.165) is 27.8 Å². The van der Waals surface area contributed by atoms with Crippen molar-refractivity contribution in [1.82, 2.24) is 0 Å². The molecule has 0 saturated carbocycles. The highest BCUT2D eigenvalue weighted by atomic mass is 16.1. The first kappa shape index (κ1) is 16.0. The molecule has 0 radical (unpaired) electrons. The molecule has 0 aliphatic carbocycles. The molecule has 0 amide bonds. The predicted molar refractivity (Wildman–Crippen MR) is 107 cm³/mol. The van der Waals surface area contributed by atoms with E-state index in [9.17, 15) is 4.79 Å². The molecule has 4 rings (SSSR count). The first-order chi connectivity index (χ1) is 12.8. The van der Waals surface area contributed by atoms with Gasteiger partial charge in [-0.1, -0.05) is 97.1 Å². The van der Waals surface area contributed by atoms with Gasteiger partial charge in [0.1, 0.15) is 0 Å². The molecule has 0 aromatic heterocycles. The van der Waals surface area contributed by atoms with Gasteiger partial charge in [0.05, 0.1) is 0 Å². The van der Waals surface area contributed by atoms with Crippen LogP contribution in [0.2, 0.25) is 0 Å². The van der Waals surface area contributed by atoms with Crippen LogP contribution in [0.4, 0.5) is 0 Å². The second-order valence-electron chi connectivity index (χ2n) is 6.19. The normalized spacial score (nSPS) is 10.5. The molecular formula is C25H18O. The molecule has 1 nitrogen and oxygen atoms in total. The highest BCUT2D eigenvalue weighted by Crippen LogP contribution is 2.31. The second-order valence-corrected chi connectivity index (χ2v) is 6.19. The van der Waals surface area contributed by atoms with Crippen molar-refractivity contribution >= 4 is 5.78 Å². The van der Waals surface area contributed by atoms with E-state index >= 15 is 0 Å². The Bertz CT molecular complexity index is 1020. The van der Waals surface area contributed by atoms with Crippen molar-refractivity contribution < 1.29 is 4.79 Å².